The number of ether oxygens (including phenoxy) is 3. The van der Waals surface area contributed by atoms with Gasteiger partial charge in [0.05, 0.1) is 30.8 Å². The third-order valence-electron chi connectivity index (χ3n) is 6.92. The van der Waals surface area contributed by atoms with Crippen molar-refractivity contribution in [3.63, 3.8) is 0 Å². The second kappa shape index (κ2) is 4.04. The van der Waals surface area contributed by atoms with Crippen molar-refractivity contribution in [2.45, 2.75) is 44.8 Å². The highest BCUT2D eigenvalue weighted by Gasteiger charge is 2.85. The zero-order valence-corrected chi connectivity index (χ0v) is 13.7. The summed E-state index contributed by atoms with van der Waals surface area (Å²) in [6, 6.07) is 0. The van der Waals surface area contributed by atoms with Crippen molar-refractivity contribution in [3.05, 3.63) is 11.1 Å². The van der Waals surface area contributed by atoms with Crippen molar-refractivity contribution in [3.8, 4) is 0 Å². The molecule has 4 atom stereocenters. The van der Waals surface area contributed by atoms with Crippen molar-refractivity contribution < 1.29 is 28.6 Å². The van der Waals surface area contributed by atoms with Crippen LogP contribution in [0, 0.1) is 16.7 Å². The Hall–Kier alpha value is -1.69. The number of ketones is 1. The molecule has 1 saturated heterocycles. The van der Waals surface area contributed by atoms with E-state index in [0.717, 1.165) is 6.42 Å². The topological polar surface area (TPSA) is 78.9 Å². The maximum Gasteiger partial charge on any atom is 0.337 e. The summed E-state index contributed by atoms with van der Waals surface area (Å²) in [5.74, 6) is -1.07. The highest BCUT2D eigenvalue weighted by Crippen LogP contribution is 2.78. The number of hydrogen-bond acceptors (Lipinski definition) is 6. The molecule has 2 spiro atoms. The molecule has 0 radical (unpaired) electrons. The summed E-state index contributed by atoms with van der Waals surface area (Å²) in [6.07, 6.45) is 1.20. The lowest BCUT2D eigenvalue weighted by molar-refractivity contribution is -0.143. The molecule has 0 aromatic carbocycles. The number of hydrogen-bond donors (Lipinski definition) is 0. The summed E-state index contributed by atoms with van der Waals surface area (Å²) < 4.78 is 15.8. The summed E-state index contributed by atoms with van der Waals surface area (Å²) >= 11 is 0. The normalized spacial score (nSPS) is 42.2. The molecule has 23 heavy (non-hydrogen) atoms. The molecule has 2 aliphatic heterocycles. The van der Waals surface area contributed by atoms with Gasteiger partial charge in [0.25, 0.3) is 0 Å². The highest BCUT2D eigenvalue weighted by molar-refractivity contribution is 6.14. The van der Waals surface area contributed by atoms with Gasteiger partial charge in [-0.3, -0.25) is 4.79 Å². The Bertz CT molecular complexity index is 689. The molecule has 0 aromatic rings. The fraction of sp³-hybridized carbons (Fsp3) is 0.706. The molecule has 2 heterocycles. The summed E-state index contributed by atoms with van der Waals surface area (Å²) in [6.45, 7) is 4.15. The number of rotatable bonds is 2. The van der Waals surface area contributed by atoms with Crippen molar-refractivity contribution in [2.24, 2.45) is 16.7 Å². The molecule has 0 unspecified atom stereocenters. The Morgan fingerprint density at radius 1 is 1.17 bits per heavy atom. The van der Waals surface area contributed by atoms with E-state index < -0.39 is 29.1 Å². The lowest BCUT2D eigenvalue weighted by Crippen LogP contribution is -2.54. The summed E-state index contributed by atoms with van der Waals surface area (Å²) in [4.78, 5) is 37.9. The second-order valence-electron chi connectivity index (χ2n) is 7.53. The highest BCUT2D eigenvalue weighted by atomic mass is 16.6. The fourth-order valence-electron chi connectivity index (χ4n) is 5.90. The van der Waals surface area contributed by atoms with Crippen LogP contribution in [0.4, 0.5) is 0 Å². The van der Waals surface area contributed by atoms with Crippen molar-refractivity contribution >= 4 is 17.7 Å². The van der Waals surface area contributed by atoms with E-state index in [1.54, 1.807) is 0 Å². The molecule has 2 saturated carbocycles. The zero-order valence-electron chi connectivity index (χ0n) is 13.7. The number of methoxy groups -OCH3 is 2. The van der Waals surface area contributed by atoms with Crippen molar-refractivity contribution in [2.75, 3.05) is 14.2 Å². The maximum atomic E-state index is 13.2. The van der Waals surface area contributed by atoms with E-state index in [0.29, 0.717) is 12.8 Å². The van der Waals surface area contributed by atoms with Crippen LogP contribution >= 0.6 is 0 Å². The van der Waals surface area contributed by atoms with Crippen LogP contribution in [0.25, 0.3) is 0 Å². The molecule has 4 aliphatic rings. The standard InChI is InChI=1S/C17H20O6/c1-15(2)8-5-6-16(15)12(18)11-9(13(19)21-3)10(14(20)22-4)17(16,7-8)23-11/h8,11H,5-7H2,1-4H3/t8-,11-,16+,17+/m0/s1. The predicted octanol–water partition coefficient (Wildman–Crippen LogP) is 1.18. The first-order chi connectivity index (χ1) is 10.8. The molecule has 0 aromatic heterocycles. The van der Waals surface area contributed by atoms with Crippen LogP contribution in [-0.2, 0) is 28.6 Å². The van der Waals surface area contributed by atoms with Crippen LogP contribution in [0.15, 0.2) is 11.1 Å². The van der Waals surface area contributed by atoms with Gasteiger partial charge in [-0.15, -0.1) is 0 Å². The predicted molar refractivity (Wildman–Crippen MR) is 77.2 cm³/mol. The van der Waals surface area contributed by atoms with E-state index in [9.17, 15) is 14.4 Å². The number of carbonyl (C=O) groups is 3. The first-order valence-electron chi connectivity index (χ1n) is 7.92. The number of fused-ring (bicyclic) bond motifs is 2. The first kappa shape index (κ1) is 14.9. The van der Waals surface area contributed by atoms with Crippen molar-refractivity contribution in [1.82, 2.24) is 0 Å². The molecule has 6 nitrogen and oxygen atoms in total. The van der Waals surface area contributed by atoms with Crippen LogP contribution < -0.4 is 0 Å². The lowest BCUT2D eigenvalue weighted by Gasteiger charge is -2.44. The van der Waals surface area contributed by atoms with Gasteiger partial charge in [-0.1, -0.05) is 13.8 Å². The van der Waals surface area contributed by atoms with Gasteiger partial charge in [0.15, 0.2) is 11.9 Å². The molecule has 0 amide bonds. The fourth-order valence-corrected chi connectivity index (χ4v) is 5.90. The van der Waals surface area contributed by atoms with E-state index in [-0.39, 0.29) is 28.3 Å². The summed E-state index contributed by atoms with van der Waals surface area (Å²) in [7, 11) is 2.51. The van der Waals surface area contributed by atoms with Gasteiger partial charge >= 0.3 is 11.9 Å². The van der Waals surface area contributed by atoms with E-state index in [4.69, 9.17) is 14.2 Å². The largest absolute Gasteiger partial charge is 0.466 e. The van der Waals surface area contributed by atoms with Gasteiger partial charge in [-0.05, 0) is 30.6 Å². The average molecular weight is 320 g/mol. The van der Waals surface area contributed by atoms with Gasteiger partial charge in [-0.25, -0.2) is 9.59 Å². The quantitative estimate of drug-likeness (QED) is 0.711. The maximum absolute atomic E-state index is 13.2. The van der Waals surface area contributed by atoms with E-state index in [1.807, 2.05) is 0 Å². The second-order valence-corrected chi connectivity index (χ2v) is 7.53. The Morgan fingerprint density at radius 3 is 2.39 bits per heavy atom. The Kier molecular flexibility index (Phi) is 2.61. The summed E-state index contributed by atoms with van der Waals surface area (Å²) in [5.41, 5.74) is -1.78. The number of carbonyl (C=O) groups excluding carboxylic acids is 3. The minimum atomic E-state index is -1.03. The van der Waals surface area contributed by atoms with Gasteiger partial charge in [0, 0.05) is 0 Å². The number of Topliss-reactive ketones (excluding diaryl/α,β-unsaturated/α-hetero) is 1. The van der Waals surface area contributed by atoms with Gasteiger partial charge in [0.2, 0.25) is 0 Å². The van der Waals surface area contributed by atoms with E-state index >= 15 is 0 Å². The third-order valence-corrected chi connectivity index (χ3v) is 6.92. The lowest BCUT2D eigenvalue weighted by atomic mass is 9.56. The minimum absolute atomic E-state index is 0.0401. The molecule has 124 valence electrons. The molecular formula is C17H20O6. The molecule has 4 rings (SSSR count). The van der Waals surface area contributed by atoms with E-state index in [2.05, 4.69) is 13.8 Å². The first-order valence-corrected chi connectivity index (χ1v) is 7.92. The van der Waals surface area contributed by atoms with Crippen LogP contribution in [0.5, 0.6) is 0 Å². The molecule has 4 bridgehead atoms. The van der Waals surface area contributed by atoms with Crippen LogP contribution in [0.1, 0.15) is 33.1 Å². The Labute approximate surface area is 134 Å². The monoisotopic (exact) mass is 320 g/mol. The third kappa shape index (κ3) is 1.23. The molecule has 6 heteroatoms. The van der Waals surface area contributed by atoms with Crippen LogP contribution in [-0.4, -0.2) is 43.6 Å². The Morgan fingerprint density at radius 2 is 1.83 bits per heavy atom. The van der Waals surface area contributed by atoms with Gasteiger partial charge in [0.1, 0.15) is 5.60 Å². The average Bonchev–Trinajstić information content (AvgIpc) is 3.14. The summed E-state index contributed by atoms with van der Waals surface area (Å²) in [5, 5.41) is 0. The smallest absolute Gasteiger partial charge is 0.337 e. The Balaban J connectivity index is 2.01. The van der Waals surface area contributed by atoms with Gasteiger partial charge < -0.3 is 14.2 Å². The minimum Gasteiger partial charge on any atom is -0.466 e. The molecule has 0 N–H and O–H groups in total. The zero-order chi connectivity index (χ0) is 16.8. The van der Waals surface area contributed by atoms with Crippen LogP contribution in [0.2, 0.25) is 0 Å². The van der Waals surface area contributed by atoms with Gasteiger partial charge in [-0.2, -0.15) is 0 Å². The molecule has 3 fully saturated rings. The SMILES string of the molecule is COC(=O)C1=C(C(=O)OC)[C@]23C[C@@H]4CC[C@@]2(C(=O)[C@H]1O3)C4(C)C. The number of esters is 2. The molecular weight excluding hydrogens is 300 g/mol. The van der Waals surface area contributed by atoms with E-state index in [1.165, 1.54) is 14.2 Å². The molecule has 2 aliphatic carbocycles. The van der Waals surface area contributed by atoms with Crippen LogP contribution in [0.3, 0.4) is 0 Å². The van der Waals surface area contributed by atoms with Crippen molar-refractivity contribution in [1.29, 1.82) is 0 Å².